The van der Waals surface area contributed by atoms with Crippen molar-refractivity contribution in [1.82, 2.24) is 15.0 Å². The third-order valence-electron chi connectivity index (χ3n) is 2.24. The summed E-state index contributed by atoms with van der Waals surface area (Å²) in [6.45, 7) is 2.88. The fourth-order valence-corrected chi connectivity index (χ4v) is 1.42. The topological polar surface area (TPSA) is 50.7 Å². The first-order valence-electron chi connectivity index (χ1n) is 5.47. The van der Waals surface area contributed by atoms with Crippen LogP contribution in [-0.4, -0.2) is 21.5 Å². The molecule has 0 saturated heterocycles. The lowest BCUT2D eigenvalue weighted by molar-refractivity contribution is 0.624. The summed E-state index contributed by atoms with van der Waals surface area (Å²) in [5.41, 5.74) is 0.915. The fraction of sp³-hybridized carbons (Fsp3) is 0.250. The van der Waals surface area contributed by atoms with Crippen molar-refractivity contribution in [2.45, 2.75) is 13.3 Å². The predicted octanol–water partition coefficient (Wildman–Crippen LogP) is 2.50. The highest BCUT2D eigenvalue weighted by atomic mass is 19.1. The zero-order valence-electron chi connectivity index (χ0n) is 9.52. The van der Waals surface area contributed by atoms with Crippen LogP contribution >= 0.6 is 0 Å². The fourth-order valence-electron chi connectivity index (χ4n) is 1.42. The van der Waals surface area contributed by atoms with Crippen LogP contribution in [-0.2, 0) is 0 Å². The molecule has 0 spiro atoms. The molecule has 2 heterocycles. The number of hydrogen-bond donors (Lipinski definition) is 1. The number of rotatable bonds is 4. The maximum absolute atomic E-state index is 13.5. The third kappa shape index (κ3) is 2.75. The van der Waals surface area contributed by atoms with Crippen molar-refractivity contribution in [3.63, 3.8) is 0 Å². The van der Waals surface area contributed by atoms with E-state index in [4.69, 9.17) is 0 Å². The quantitative estimate of drug-likeness (QED) is 0.879. The lowest BCUT2D eigenvalue weighted by atomic mass is 10.2. The highest BCUT2D eigenvalue weighted by Crippen LogP contribution is 2.19. The Bertz CT molecular complexity index is 501. The summed E-state index contributed by atoms with van der Waals surface area (Å²) < 4.78 is 13.5. The molecule has 0 radical (unpaired) electrons. The van der Waals surface area contributed by atoms with Crippen molar-refractivity contribution in [2.24, 2.45) is 0 Å². The van der Waals surface area contributed by atoms with Crippen LogP contribution in [0.4, 0.5) is 10.2 Å². The first kappa shape index (κ1) is 11.4. The van der Waals surface area contributed by atoms with Crippen LogP contribution < -0.4 is 5.32 Å². The van der Waals surface area contributed by atoms with Crippen molar-refractivity contribution in [2.75, 3.05) is 11.9 Å². The molecule has 88 valence electrons. The largest absolute Gasteiger partial charge is 0.369 e. The van der Waals surface area contributed by atoms with E-state index in [1.54, 1.807) is 12.3 Å². The van der Waals surface area contributed by atoms with Gasteiger partial charge in [0.25, 0.3) is 0 Å². The van der Waals surface area contributed by atoms with E-state index in [-0.39, 0.29) is 0 Å². The number of aromatic nitrogens is 3. The highest BCUT2D eigenvalue weighted by Gasteiger charge is 2.06. The highest BCUT2D eigenvalue weighted by molar-refractivity contribution is 5.59. The van der Waals surface area contributed by atoms with Gasteiger partial charge in [-0.05, 0) is 12.5 Å². The summed E-state index contributed by atoms with van der Waals surface area (Å²) in [7, 11) is 0. The first-order chi connectivity index (χ1) is 8.31. The molecule has 0 fully saturated rings. The van der Waals surface area contributed by atoms with Gasteiger partial charge in [-0.15, -0.1) is 0 Å². The molecule has 2 aromatic heterocycles. The molecule has 5 heteroatoms. The van der Waals surface area contributed by atoms with E-state index in [0.29, 0.717) is 17.1 Å². The van der Waals surface area contributed by atoms with Crippen LogP contribution in [0.5, 0.6) is 0 Å². The van der Waals surface area contributed by atoms with Crippen molar-refractivity contribution in [1.29, 1.82) is 0 Å². The molecule has 0 aliphatic heterocycles. The normalized spacial score (nSPS) is 10.2. The van der Waals surface area contributed by atoms with E-state index in [1.807, 2.05) is 0 Å². The number of nitrogens with one attached hydrogen (secondary N) is 1. The maximum Gasteiger partial charge on any atom is 0.150 e. The molecular weight excluding hydrogens is 219 g/mol. The van der Waals surface area contributed by atoms with Gasteiger partial charge >= 0.3 is 0 Å². The van der Waals surface area contributed by atoms with Gasteiger partial charge in [0, 0.05) is 18.3 Å². The van der Waals surface area contributed by atoms with Gasteiger partial charge in [0.1, 0.15) is 5.82 Å². The molecule has 0 unspecified atom stereocenters. The Kier molecular flexibility index (Phi) is 3.59. The smallest absolute Gasteiger partial charge is 0.150 e. The third-order valence-corrected chi connectivity index (χ3v) is 2.24. The molecule has 0 aromatic carbocycles. The van der Waals surface area contributed by atoms with Crippen molar-refractivity contribution in [3.05, 3.63) is 36.7 Å². The van der Waals surface area contributed by atoms with Gasteiger partial charge in [0.2, 0.25) is 0 Å². The van der Waals surface area contributed by atoms with Crippen LogP contribution in [0.25, 0.3) is 11.3 Å². The molecule has 2 rings (SSSR count). The van der Waals surface area contributed by atoms with Crippen LogP contribution in [0.2, 0.25) is 0 Å². The van der Waals surface area contributed by atoms with Gasteiger partial charge in [0.15, 0.2) is 5.82 Å². The first-order valence-corrected chi connectivity index (χ1v) is 5.47. The van der Waals surface area contributed by atoms with Gasteiger partial charge < -0.3 is 5.32 Å². The Balaban J connectivity index is 2.30. The van der Waals surface area contributed by atoms with E-state index in [1.165, 1.54) is 18.6 Å². The second-order valence-electron chi connectivity index (χ2n) is 3.57. The van der Waals surface area contributed by atoms with E-state index in [9.17, 15) is 4.39 Å². The average molecular weight is 232 g/mol. The Morgan fingerprint density at radius 3 is 2.88 bits per heavy atom. The van der Waals surface area contributed by atoms with Crippen LogP contribution in [0.1, 0.15) is 13.3 Å². The maximum atomic E-state index is 13.5. The molecule has 0 saturated carbocycles. The minimum absolute atomic E-state index is 0.394. The zero-order chi connectivity index (χ0) is 12.1. The van der Waals surface area contributed by atoms with E-state index >= 15 is 0 Å². The molecule has 0 aliphatic rings. The number of hydrogen-bond acceptors (Lipinski definition) is 4. The Labute approximate surface area is 99.0 Å². The number of halogens is 1. The minimum Gasteiger partial charge on any atom is -0.369 e. The Hall–Kier alpha value is -2.04. The predicted molar refractivity (Wildman–Crippen MR) is 64.0 cm³/mol. The minimum atomic E-state index is -0.394. The van der Waals surface area contributed by atoms with Gasteiger partial charge in [-0.3, -0.25) is 9.97 Å². The molecule has 0 aliphatic carbocycles. The van der Waals surface area contributed by atoms with Gasteiger partial charge in [-0.25, -0.2) is 9.37 Å². The molecule has 1 N–H and O–H groups in total. The van der Waals surface area contributed by atoms with E-state index < -0.39 is 5.82 Å². The van der Waals surface area contributed by atoms with Gasteiger partial charge in [-0.1, -0.05) is 6.92 Å². The monoisotopic (exact) mass is 232 g/mol. The lowest BCUT2D eigenvalue weighted by Crippen LogP contribution is -2.03. The Morgan fingerprint density at radius 2 is 2.12 bits per heavy atom. The van der Waals surface area contributed by atoms with Crippen LogP contribution in [0, 0.1) is 5.82 Å². The van der Waals surface area contributed by atoms with Crippen molar-refractivity contribution in [3.8, 4) is 11.3 Å². The van der Waals surface area contributed by atoms with Crippen molar-refractivity contribution < 1.29 is 4.39 Å². The van der Waals surface area contributed by atoms with E-state index in [0.717, 1.165) is 13.0 Å². The second kappa shape index (κ2) is 5.34. The summed E-state index contributed by atoms with van der Waals surface area (Å²) in [5.74, 6) is 0.259. The second-order valence-corrected chi connectivity index (χ2v) is 3.57. The number of pyridine rings is 1. The number of anilines is 1. The SMILES string of the molecule is CCCNc1cncc(-c2ccncc2F)n1. The molecule has 17 heavy (non-hydrogen) atoms. The average Bonchev–Trinajstić information content (AvgIpc) is 2.37. The molecule has 2 aromatic rings. The number of nitrogens with zero attached hydrogens (tertiary/aromatic N) is 3. The molecule has 0 amide bonds. The summed E-state index contributed by atoms with van der Waals surface area (Å²) in [6, 6.07) is 1.59. The standard InChI is InChI=1S/C12H13FN4/c1-2-4-16-12-8-15-7-11(17-12)9-3-5-14-6-10(9)13/h3,5-8H,2,4H2,1H3,(H,16,17). The summed E-state index contributed by atoms with van der Waals surface area (Å²) >= 11 is 0. The van der Waals surface area contributed by atoms with Crippen LogP contribution in [0.3, 0.4) is 0 Å². The molecule has 0 atom stereocenters. The molecule has 0 bridgehead atoms. The van der Waals surface area contributed by atoms with Gasteiger partial charge in [-0.2, -0.15) is 0 Å². The molecule has 4 nitrogen and oxygen atoms in total. The van der Waals surface area contributed by atoms with Gasteiger partial charge in [0.05, 0.1) is 24.3 Å². The zero-order valence-corrected chi connectivity index (χ0v) is 9.52. The lowest BCUT2D eigenvalue weighted by Gasteiger charge is -2.06. The van der Waals surface area contributed by atoms with E-state index in [2.05, 4.69) is 27.2 Å². The van der Waals surface area contributed by atoms with Crippen molar-refractivity contribution >= 4 is 5.82 Å². The Morgan fingerprint density at radius 1 is 1.24 bits per heavy atom. The summed E-state index contributed by atoms with van der Waals surface area (Å²) in [5, 5.41) is 3.11. The summed E-state index contributed by atoms with van der Waals surface area (Å²) in [4.78, 5) is 12.0. The van der Waals surface area contributed by atoms with Crippen LogP contribution in [0.15, 0.2) is 30.9 Å². The summed E-state index contributed by atoms with van der Waals surface area (Å²) in [6.07, 6.45) is 6.86. The molecular formula is C12H13FN4.